The third-order valence-electron chi connectivity index (χ3n) is 0.879. The fourth-order valence-electron chi connectivity index (χ4n) is 0.499. The molecule has 0 radical (unpaired) electrons. The molecule has 2 N–H and O–H groups in total. The van der Waals surface area contributed by atoms with Gasteiger partial charge in [-0.1, -0.05) is 18.2 Å². The number of hydrogen-bond acceptors (Lipinski definition) is 2. The van der Waals surface area contributed by atoms with Crippen LogP contribution in [0.4, 0.5) is 0 Å². The second-order valence-corrected chi connectivity index (χ2v) is 1.43. The maximum absolute atomic E-state index is 4.85. The van der Waals surface area contributed by atoms with Crippen LogP contribution in [0.3, 0.4) is 0 Å². The van der Waals surface area contributed by atoms with Crippen LogP contribution in [0.2, 0.25) is 0 Å². The van der Waals surface area contributed by atoms with E-state index in [1.54, 1.807) is 12.1 Å². The maximum atomic E-state index is 4.85. The highest BCUT2D eigenvalue weighted by atomic mass is 27.0. The van der Waals surface area contributed by atoms with Crippen LogP contribution in [-0.4, -0.2) is 17.4 Å². The average molecular weight is 139 g/mol. The second-order valence-electron chi connectivity index (χ2n) is 1.43. The van der Waals surface area contributed by atoms with Gasteiger partial charge in [-0.05, 0) is 12.1 Å². The smallest absolute Gasteiger partial charge is 0.187 e. The molecule has 0 unspecified atom stereocenters. The molecular weight excluding hydrogens is 129 g/mol. The first kappa shape index (κ1) is 8.51. The van der Waals surface area contributed by atoms with Crippen molar-refractivity contribution in [1.82, 2.24) is 0 Å². The Hall–Kier alpha value is -0.488. The quantitative estimate of drug-likeness (QED) is 0.430. The molecule has 0 fully saturated rings. The summed E-state index contributed by atoms with van der Waals surface area (Å²) >= 11 is 0. The molecule has 2 nitrogen and oxygen atoms in total. The fraction of sp³-hybridized carbons (Fsp3) is 0. The Morgan fingerprint density at radius 3 is 2.00 bits per heavy atom. The lowest BCUT2D eigenvalue weighted by atomic mass is 10.3. The van der Waals surface area contributed by atoms with Crippen LogP contribution in [0, 0.1) is 0 Å². The predicted octanol–water partition coefficient (Wildman–Crippen LogP) is -0.245. The summed E-state index contributed by atoms with van der Waals surface area (Å²) in [6, 6.07) is 9.22. The van der Waals surface area contributed by atoms with Crippen molar-refractivity contribution >= 4 is 17.4 Å². The minimum Gasteiger partial charge on any atom is -0.412 e. The van der Waals surface area contributed by atoms with Gasteiger partial charge in [-0.3, -0.25) is 0 Å². The van der Waals surface area contributed by atoms with Crippen LogP contribution < -0.4 is 10.7 Å². The van der Waals surface area contributed by atoms with Gasteiger partial charge in [0.1, 0.15) is 5.75 Å². The molecule has 3 heteroatoms. The van der Waals surface area contributed by atoms with Crippen LogP contribution in [0.1, 0.15) is 0 Å². The molecule has 0 saturated heterocycles. The van der Waals surface area contributed by atoms with Crippen molar-refractivity contribution in [3.63, 3.8) is 0 Å². The molecule has 0 bridgehead atoms. The van der Waals surface area contributed by atoms with Gasteiger partial charge in [0.15, 0.2) is 17.4 Å². The molecule has 1 aromatic rings. The first-order chi connectivity index (χ1) is 3.93. The van der Waals surface area contributed by atoms with Gasteiger partial charge in [0.25, 0.3) is 0 Å². The van der Waals surface area contributed by atoms with Gasteiger partial charge < -0.3 is 4.84 Å². The topological polar surface area (TPSA) is 35.2 Å². The van der Waals surface area contributed by atoms with Crippen molar-refractivity contribution in [1.29, 1.82) is 0 Å². The summed E-state index contributed by atoms with van der Waals surface area (Å²) in [5.74, 6) is 5.54. The average Bonchev–Trinajstić information content (AvgIpc) is 1.90. The van der Waals surface area contributed by atoms with Gasteiger partial charge in [-0.2, -0.15) is 5.90 Å². The van der Waals surface area contributed by atoms with E-state index in [0.29, 0.717) is 5.75 Å². The minimum absolute atomic E-state index is 0. The maximum Gasteiger partial charge on any atom is 0.187 e. The normalized spacial score (nSPS) is 7.67. The van der Waals surface area contributed by atoms with E-state index in [1.807, 2.05) is 18.2 Å². The first-order valence-corrected chi connectivity index (χ1v) is 2.35. The molecule has 1 aromatic carbocycles. The molecule has 0 atom stereocenters. The van der Waals surface area contributed by atoms with Crippen molar-refractivity contribution in [2.45, 2.75) is 0 Å². The Morgan fingerprint density at radius 2 is 1.67 bits per heavy atom. The molecule has 0 aromatic heterocycles. The van der Waals surface area contributed by atoms with Crippen molar-refractivity contribution in [3.8, 4) is 5.75 Å². The van der Waals surface area contributed by atoms with Crippen molar-refractivity contribution in [2.75, 3.05) is 0 Å². The van der Waals surface area contributed by atoms with Crippen LogP contribution in [0.25, 0.3) is 0 Å². The lowest BCUT2D eigenvalue weighted by Gasteiger charge is -1.92. The highest BCUT2D eigenvalue weighted by molar-refractivity contribution is 5.75. The van der Waals surface area contributed by atoms with E-state index in [-0.39, 0.29) is 17.4 Å². The highest BCUT2D eigenvalue weighted by Crippen LogP contribution is 2.04. The summed E-state index contributed by atoms with van der Waals surface area (Å²) in [5, 5.41) is 0. The monoisotopic (exact) mass is 139 g/mol. The van der Waals surface area contributed by atoms with Gasteiger partial charge in [-0.15, -0.1) is 0 Å². The summed E-state index contributed by atoms with van der Waals surface area (Å²) in [5.41, 5.74) is 0. The molecule has 0 saturated carbocycles. The highest BCUT2D eigenvalue weighted by Gasteiger charge is 1.81. The molecule has 48 valence electrons. The lowest BCUT2D eigenvalue weighted by molar-refractivity contribution is 0.334. The van der Waals surface area contributed by atoms with E-state index < -0.39 is 0 Å². The van der Waals surface area contributed by atoms with Gasteiger partial charge in [-0.25, -0.2) is 0 Å². The fourth-order valence-corrected chi connectivity index (χ4v) is 0.499. The van der Waals surface area contributed by atoms with Crippen molar-refractivity contribution < 1.29 is 4.84 Å². The third kappa shape index (κ3) is 2.52. The minimum atomic E-state index is 0. The molecular formula is C6H10AlNO. The SMILES string of the molecule is NOc1ccccc1.[AlH3]. The van der Waals surface area contributed by atoms with Crippen LogP contribution in [-0.2, 0) is 0 Å². The van der Waals surface area contributed by atoms with Gasteiger partial charge in [0.05, 0.1) is 0 Å². The van der Waals surface area contributed by atoms with E-state index in [2.05, 4.69) is 4.84 Å². The molecule has 0 aliphatic rings. The summed E-state index contributed by atoms with van der Waals surface area (Å²) in [7, 11) is 0. The van der Waals surface area contributed by atoms with Crippen LogP contribution in [0.5, 0.6) is 5.75 Å². The van der Waals surface area contributed by atoms with E-state index in [4.69, 9.17) is 5.90 Å². The summed E-state index contributed by atoms with van der Waals surface area (Å²) in [6.45, 7) is 0. The zero-order valence-electron chi connectivity index (χ0n) is 4.37. The van der Waals surface area contributed by atoms with Gasteiger partial charge >= 0.3 is 0 Å². The van der Waals surface area contributed by atoms with Crippen LogP contribution >= 0.6 is 0 Å². The van der Waals surface area contributed by atoms with Crippen LogP contribution in [0.15, 0.2) is 30.3 Å². The van der Waals surface area contributed by atoms with E-state index >= 15 is 0 Å². The number of rotatable bonds is 1. The van der Waals surface area contributed by atoms with Gasteiger partial charge in [0.2, 0.25) is 0 Å². The third-order valence-corrected chi connectivity index (χ3v) is 0.879. The largest absolute Gasteiger partial charge is 0.412 e. The summed E-state index contributed by atoms with van der Waals surface area (Å²) in [4.78, 5) is 4.41. The second kappa shape index (κ2) is 4.40. The number of nitrogens with two attached hydrogens (primary N) is 1. The first-order valence-electron chi connectivity index (χ1n) is 2.35. The Bertz CT molecular complexity index is 154. The van der Waals surface area contributed by atoms with E-state index in [0.717, 1.165) is 0 Å². The Morgan fingerprint density at radius 1 is 1.11 bits per heavy atom. The Kier molecular flexibility index (Phi) is 4.16. The molecule has 0 aliphatic heterocycles. The number of hydrogen-bond donors (Lipinski definition) is 1. The predicted molar refractivity (Wildman–Crippen MR) is 41.2 cm³/mol. The van der Waals surface area contributed by atoms with Gasteiger partial charge in [0, 0.05) is 0 Å². The van der Waals surface area contributed by atoms with E-state index in [1.165, 1.54) is 0 Å². The molecule has 0 heterocycles. The standard InChI is InChI=1S/C6H7NO.Al.3H/c7-8-6-4-2-1-3-5-6;;;;/h1-5H,7H2;;;;. The number of para-hydroxylation sites is 1. The molecule has 1 rings (SSSR count). The Labute approximate surface area is 64.7 Å². The summed E-state index contributed by atoms with van der Waals surface area (Å²) in [6.07, 6.45) is 0. The molecule has 0 spiro atoms. The molecule has 0 aliphatic carbocycles. The zero-order chi connectivity index (χ0) is 5.82. The van der Waals surface area contributed by atoms with Crippen molar-refractivity contribution in [2.24, 2.45) is 5.90 Å². The molecule has 0 amide bonds. The molecule has 9 heavy (non-hydrogen) atoms. The zero-order valence-corrected chi connectivity index (χ0v) is 4.37. The van der Waals surface area contributed by atoms with E-state index in [9.17, 15) is 0 Å². The van der Waals surface area contributed by atoms with Crippen molar-refractivity contribution in [3.05, 3.63) is 30.3 Å². The Balaban J connectivity index is 0.000000640. The lowest BCUT2D eigenvalue weighted by Crippen LogP contribution is -2.00. The number of benzene rings is 1. The summed E-state index contributed by atoms with van der Waals surface area (Å²) < 4.78 is 0.